The van der Waals surface area contributed by atoms with Gasteiger partial charge in [0.05, 0.1) is 22.2 Å². The van der Waals surface area contributed by atoms with Gasteiger partial charge in [0.25, 0.3) is 0 Å². The number of carbonyl (C=O) groups excluding carboxylic acids is 2. The van der Waals surface area contributed by atoms with Crippen molar-refractivity contribution in [1.82, 2.24) is 0 Å². The number of hydrogen-bond donors (Lipinski definition) is 1. The molecule has 1 aliphatic heterocycles. The van der Waals surface area contributed by atoms with E-state index in [1.807, 2.05) is 6.07 Å². The maximum Gasteiger partial charge on any atom is 0.416 e. The summed E-state index contributed by atoms with van der Waals surface area (Å²) < 4.78 is 38.5. The summed E-state index contributed by atoms with van der Waals surface area (Å²) in [4.78, 5) is 26.1. The SMILES string of the molecule is O=C(Nc1cc(C(F)(F)F)ccc1Cl)C1CC(=O)N(c2ccccc2)C1. The summed E-state index contributed by atoms with van der Waals surface area (Å²) in [6.07, 6.45) is -4.56. The molecule has 2 aromatic carbocycles. The first-order chi connectivity index (χ1) is 12.3. The minimum absolute atomic E-state index is 0.00408. The van der Waals surface area contributed by atoms with Crippen LogP contribution in [0.2, 0.25) is 5.02 Å². The number of anilines is 2. The van der Waals surface area contributed by atoms with Gasteiger partial charge in [-0.2, -0.15) is 13.2 Å². The third-order valence-corrected chi connectivity index (χ3v) is 4.44. The predicted molar refractivity (Wildman–Crippen MR) is 92.0 cm³/mol. The molecule has 1 saturated heterocycles. The van der Waals surface area contributed by atoms with Crippen molar-refractivity contribution in [3.8, 4) is 0 Å². The van der Waals surface area contributed by atoms with Crippen LogP contribution in [0.15, 0.2) is 48.5 Å². The van der Waals surface area contributed by atoms with Crippen molar-refractivity contribution in [2.24, 2.45) is 5.92 Å². The largest absolute Gasteiger partial charge is 0.416 e. The van der Waals surface area contributed by atoms with E-state index in [1.54, 1.807) is 24.3 Å². The Balaban J connectivity index is 1.74. The van der Waals surface area contributed by atoms with E-state index in [9.17, 15) is 22.8 Å². The maximum atomic E-state index is 12.8. The fourth-order valence-corrected chi connectivity index (χ4v) is 2.94. The van der Waals surface area contributed by atoms with Crippen molar-refractivity contribution in [3.63, 3.8) is 0 Å². The third kappa shape index (κ3) is 3.83. The van der Waals surface area contributed by atoms with E-state index in [0.717, 1.165) is 18.2 Å². The molecule has 136 valence electrons. The Morgan fingerprint density at radius 3 is 2.50 bits per heavy atom. The quantitative estimate of drug-likeness (QED) is 0.858. The maximum absolute atomic E-state index is 12.8. The molecule has 0 bridgehead atoms. The summed E-state index contributed by atoms with van der Waals surface area (Å²) >= 11 is 5.89. The van der Waals surface area contributed by atoms with Crippen molar-refractivity contribution in [3.05, 3.63) is 59.1 Å². The van der Waals surface area contributed by atoms with Crippen molar-refractivity contribution in [1.29, 1.82) is 0 Å². The first-order valence-corrected chi connectivity index (χ1v) is 8.16. The molecular weight excluding hydrogens is 369 g/mol. The van der Waals surface area contributed by atoms with Crippen LogP contribution in [-0.4, -0.2) is 18.4 Å². The lowest BCUT2D eigenvalue weighted by molar-refractivity contribution is -0.137. The van der Waals surface area contributed by atoms with E-state index in [-0.39, 0.29) is 29.6 Å². The van der Waals surface area contributed by atoms with E-state index in [1.165, 1.54) is 4.90 Å². The normalized spacial score (nSPS) is 17.5. The van der Waals surface area contributed by atoms with Crippen LogP contribution in [0.4, 0.5) is 24.5 Å². The molecule has 0 saturated carbocycles. The first-order valence-electron chi connectivity index (χ1n) is 7.79. The Kier molecular flexibility index (Phi) is 4.91. The highest BCUT2D eigenvalue weighted by molar-refractivity contribution is 6.33. The molecule has 2 aromatic rings. The third-order valence-electron chi connectivity index (χ3n) is 4.12. The lowest BCUT2D eigenvalue weighted by atomic mass is 10.1. The van der Waals surface area contributed by atoms with E-state index < -0.39 is 23.6 Å². The number of hydrogen-bond acceptors (Lipinski definition) is 2. The average Bonchev–Trinajstić information content (AvgIpc) is 2.98. The van der Waals surface area contributed by atoms with Gasteiger partial charge >= 0.3 is 6.18 Å². The summed E-state index contributed by atoms with van der Waals surface area (Å²) in [5, 5.41) is 2.40. The number of carbonyl (C=O) groups is 2. The molecule has 1 fully saturated rings. The van der Waals surface area contributed by atoms with Gasteiger partial charge in [-0.25, -0.2) is 0 Å². The second kappa shape index (κ2) is 6.99. The van der Waals surface area contributed by atoms with Crippen LogP contribution in [0, 0.1) is 5.92 Å². The lowest BCUT2D eigenvalue weighted by Crippen LogP contribution is -2.28. The molecule has 0 spiro atoms. The van der Waals surface area contributed by atoms with Crippen LogP contribution in [0.1, 0.15) is 12.0 Å². The van der Waals surface area contributed by atoms with Gasteiger partial charge in [0.1, 0.15) is 0 Å². The van der Waals surface area contributed by atoms with Gasteiger partial charge in [-0.3, -0.25) is 9.59 Å². The summed E-state index contributed by atoms with van der Waals surface area (Å²) in [6, 6.07) is 11.6. The smallest absolute Gasteiger partial charge is 0.324 e. The number of nitrogens with zero attached hydrogens (tertiary/aromatic N) is 1. The van der Waals surface area contributed by atoms with Gasteiger partial charge in [0.2, 0.25) is 11.8 Å². The average molecular weight is 383 g/mol. The van der Waals surface area contributed by atoms with Gasteiger partial charge in [0.15, 0.2) is 0 Å². The highest BCUT2D eigenvalue weighted by atomic mass is 35.5. The van der Waals surface area contributed by atoms with Crippen LogP contribution in [-0.2, 0) is 15.8 Å². The van der Waals surface area contributed by atoms with Crippen LogP contribution in [0.25, 0.3) is 0 Å². The van der Waals surface area contributed by atoms with Crippen molar-refractivity contribution in [2.45, 2.75) is 12.6 Å². The first kappa shape index (κ1) is 18.3. The Hall–Kier alpha value is -2.54. The van der Waals surface area contributed by atoms with E-state index >= 15 is 0 Å². The van der Waals surface area contributed by atoms with Crippen LogP contribution < -0.4 is 10.2 Å². The van der Waals surface area contributed by atoms with E-state index in [4.69, 9.17) is 11.6 Å². The molecule has 0 aromatic heterocycles. The standard InChI is InChI=1S/C18H14ClF3N2O2/c19-14-7-6-12(18(20,21)22)9-15(14)23-17(26)11-8-16(25)24(10-11)13-4-2-1-3-5-13/h1-7,9,11H,8,10H2,(H,23,26). The molecule has 0 radical (unpaired) electrons. The molecule has 3 rings (SSSR count). The molecule has 1 aliphatic rings. The fourth-order valence-electron chi connectivity index (χ4n) is 2.77. The number of para-hydroxylation sites is 1. The minimum atomic E-state index is -4.54. The number of halogens is 4. The van der Waals surface area contributed by atoms with Gasteiger partial charge in [0, 0.05) is 18.7 Å². The Bertz CT molecular complexity index is 840. The monoisotopic (exact) mass is 382 g/mol. The zero-order valence-electron chi connectivity index (χ0n) is 13.4. The molecule has 1 atom stereocenters. The Morgan fingerprint density at radius 1 is 1.15 bits per heavy atom. The van der Waals surface area contributed by atoms with Crippen molar-refractivity contribution >= 4 is 34.8 Å². The van der Waals surface area contributed by atoms with Gasteiger partial charge < -0.3 is 10.2 Å². The molecular formula is C18H14ClF3N2O2. The second-order valence-electron chi connectivity index (χ2n) is 5.92. The molecule has 1 unspecified atom stereocenters. The van der Waals surface area contributed by atoms with E-state index in [2.05, 4.69) is 5.32 Å². The van der Waals surface area contributed by atoms with Gasteiger partial charge in [-0.15, -0.1) is 0 Å². The van der Waals surface area contributed by atoms with Crippen molar-refractivity contribution in [2.75, 3.05) is 16.8 Å². The number of amides is 2. The summed E-state index contributed by atoms with van der Waals surface area (Å²) in [6.45, 7) is 0.158. The van der Waals surface area contributed by atoms with Gasteiger partial charge in [-0.1, -0.05) is 29.8 Å². The number of nitrogens with one attached hydrogen (secondary N) is 1. The highest BCUT2D eigenvalue weighted by Crippen LogP contribution is 2.34. The van der Waals surface area contributed by atoms with Crippen LogP contribution >= 0.6 is 11.6 Å². The molecule has 1 N–H and O–H groups in total. The lowest BCUT2D eigenvalue weighted by Gasteiger charge is -2.17. The zero-order valence-corrected chi connectivity index (χ0v) is 14.1. The molecule has 1 heterocycles. The van der Waals surface area contributed by atoms with E-state index in [0.29, 0.717) is 5.69 Å². The minimum Gasteiger partial charge on any atom is -0.324 e. The number of alkyl halides is 3. The second-order valence-corrected chi connectivity index (χ2v) is 6.33. The zero-order chi connectivity index (χ0) is 18.9. The van der Waals surface area contributed by atoms with Crippen molar-refractivity contribution < 1.29 is 22.8 Å². The summed E-state index contributed by atoms with van der Waals surface area (Å²) in [5.74, 6) is -1.43. The van der Waals surface area contributed by atoms with Gasteiger partial charge in [-0.05, 0) is 30.3 Å². The Labute approximate surface area is 152 Å². The molecule has 8 heteroatoms. The summed E-state index contributed by atoms with van der Waals surface area (Å²) in [7, 11) is 0. The molecule has 4 nitrogen and oxygen atoms in total. The number of rotatable bonds is 3. The topological polar surface area (TPSA) is 49.4 Å². The molecule has 0 aliphatic carbocycles. The predicted octanol–water partition coefficient (Wildman–Crippen LogP) is 4.35. The molecule has 26 heavy (non-hydrogen) atoms. The van der Waals surface area contributed by atoms with Crippen LogP contribution in [0.5, 0.6) is 0 Å². The highest BCUT2D eigenvalue weighted by Gasteiger charge is 2.36. The molecule has 2 amide bonds. The Morgan fingerprint density at radius 2 is 1.85 bits per heavy atom. The number of benzene rings is 2. The fraction of sp³-hybridized carbons (Fsp3) is 0.222. The van der Waals surface area contributed by atoms with Crippen LogP contribution in [0.3, 0.4) is 0 Å². The summed E-state index contributed by atoms with van der Waals surface area (Å²) in [5.41, 5.74) is -0.368.